The van der Waals surface area contributed by atoms with E-state index in [9.17, 15) is 0 Å². The number of hydrogen-bond acceptors (Lipinski definition) is 1. The number of nitrogens with zero attached hydrogens (tertiary/aromatic N) is 1. The van der Waals surface area contributed by atoms with Gasteiger partial charge in [-0.3, -0.25) is 0 Å². The van der Waals surface area contributed by atoms with E-state index in [1.807, 2.05) is 17.8 Å². The minimum absolute atomic E-state index is 0.984. The molecule has 2 rings (SSSR count). The molecule has 0 radical (unpaired) electrons. The van der Waals surface area contributed by atoms with Gasteiger partial charge in [0, 0.05) is 12.1 Å². The molecule has 2 heteroatoms. The molecule has 0 aliphatic heterocycles. The van der Waals surface area contributed by atoms with E-state index in [1.165, 1.54) is 11.1 Å². The van der Waals surface area contributed by atoms with E-state index < -0.39 is 0 Å². The molecule has 0 bridgehead atoms. The second-order valence-electron chi connectivity index (χ2n) is 4.45. The fraction of sp³-hybridized carbons (Fsp3) is 0.235. The van der Waals surface area contributed by atoms with E-state index in [0.29, 0.717) is 0 Å². The Bertz CT molecular complexity index is 503. The van der Waals surface area contributed by atoms with Gasteiger partial charge < -0.3 is 0 Å². The first-order valence-electron chi connectivity index (χ1n) is 6.57. The molecule has 1 heterocycles. The Hall–Kier alpha value is -1.54. The predicted molar refractivity (Wildman–Crippen MR) is 84.2 cm³/mol. The van der Waals surface area contributed by atoms with Gasteiger partial charge in [-0.25, -0.2) is 4.57 Å². The van der Waals surface area contributed by atoms with E-state index in [2.05, 4.69) is 71.8 Å². The average Bonchev–Trinajstić information content (AvgIpc) is 2.47. The fourth-order valence-electron chi connectivity index (χ4n) is 1.87. The van der Waals surface area contributed by atoms with Gasteiger partial charge in [0.2, 0.25) is 0 Å². The van der Waals surface area contributed by atoms with Gasteiger partial charge in [0.25, 0.3) is 0 Å². The monoisotopic (exact) mass is 270 g/mol. The summed E-state index contributed by atoms with van der Waals surface area (Å²) in [5.41, 5.74) is 2.61. The molecule has 0 aliphatic carbocycles. The first-order chi connectivity index (χ1) is 9.38. The Morgan fingerprint density at radius 1 is 1.05 bits per heavy atom. The summed E-state index contributed by atoms with van der Waals surface area (Å²) in [4.78, 5) is 0. The lowest BCUT2D eigenvalue weighted by Crippen LogP contribution is -2.33. The maximum absolute atomic E-state index is 2.24. The van der Waals surface area contributed by atoms with Crippen molar-refractivity contribution in [2.45, 2.75) is 13.0 Å². The SMILES string of the molecule is CSCC[n+]1ccc(C/C=C/c2ccccc2)cc1. The van der Waals surface area contributed by atoms with Crippen LogP contribution in [-0.2, 0) is 13.0 Å². The first kappa shape index (κ1) is 13.9. The van der Waals surface area contributed by atoms with Crippen LogP contribution in [0.5, 0.6) is 0 Å². The molecule has 0 unspecified atom stereocenters. The molecule has 0 N–H and O–H groups in total. The van der Waals surface area contributed by atoms with Crippen molar-refractivity contribution in [2.24, 2.45) is 0 Å². The van der Waals surface area contributed by atoms with Crippen LogP contribution in [0.4, 0.5) is 0 Å². The number of pyridine rings is 1. The standard InChI is InChI=1S/C17H20NS/c1-19-15-14-18-12-10-17(11-13-18)9-5-8-16-6-3-2-4-7-16/h2-8,10-13H,9,14-15H2,1H3/q+1/b8-5+. The molecule has 2 aromatic rings. The number of allylic oxidation sites excluding steroid dienone is 1. The molecular weight excluding hydrogens is 250 g/mol. The van der Waals surface area contributed by atoms with Gasteiger partial charge in [0.05, 0.1) is 5.75 Å². The maximum atomic E-state index is 2.24. The zero-order valence-corrected chi connectivity index (χ0v) is 12.1. The molecule has 0 spiro atoms. The smallest absolute Gasteiger partial charge is 0.169 e. The van der Waals surface area contributed by atoms with Crippen molar-refractivity contribution in [2.75, 3.05) is 12.0 Å². The summed E-state index contributed by atoms with van der Waals surface area (Å²) in [5.74, 6) is 1.16. The van der Waals surface area contributed by atoms with Crippen molar-refractivity contribution in [3.05, 3.63) is 72.1 Å². The number of aryl methyl sites for hydroxylation is 1. The Balaban J connectivity index is 1.88. The summed E-state index contributed by atoms with van der Waals surface area (Å²) in [5, 5.41) is 0. The van der Waals surface area contributed by atoms with Gasteiger partial charge >= 0.3 is 0 Å². The molecule has 19 heavy (non-hydrogen) atoms. The highest BCUT2D eigenvalue weighted by molar-refractivity contribution is 7.98. The summed E-state index contributed by atoms with van der Waals surface area (Å²) in [6.45, 7) is 1.08. The van der Waals surface area contributed by atoms with E-state index in [1.54, 1.807) is 0 Å². The van der Waals surface area contributed by atoms with Crippen molar-refractivity contribution in [1.29, 1.82) is 0 Å². The Kier molecular flexibility index (Phi) is 5.70. The summed E-state index contributed by atoms with van der Waals surface area (Å²) >= 11 is 1.88. The molecular formula is C17H20NS+. The molecule has 0 fully saturated rings. The van der Waals surface area contributed by atoms with Crippen molar-refractivity contribution in [3.63, 3.8) is 0 Å². The van der Waals surface area contributed by atoms with Crippen LogP contribution in [0.2, 0.25) is 0 Å². The van der Waals surface area contributed by atoms with E-state index >= 15 is 0 Å². The zero-order chi connectivity index (χ0) is 13.3. The quantitative estimate of drug-likeness (QED) is 0.725. The number of thioether (sulfide) groups is 1. The van der Waals surface area contributed by atoms with Gasteiger partial charge in [-0.05, 0) is 23.8 Å². The minimum Gasteiger partial charge on any atom is -0.204 e. The summed E-state index contributed by atoms with van der Waals surface area (Å²) in [6.07, 6.45) is 11.9. The van der Waals surface area contributed by atoms with Gasteiger partial charge in [-0.2, -0.15) is 11.8 Å². The third-order valence-corrected chi connectivity index (χ3v) is 3.57. The molecule has 0 atom stereocenters. The van der Waals surface area contributed by atoms with Crippen LogP contribution in [0.15, 0.2) is 60.9 Å². The number of aromatic nitrogens is 1. The van der Waals surface area contributed by atoms with Gasteiger partial charge in [0.1, 0.15) is 0 Å². The summed E-state index contributed by atoms with van der Waals surface area (Å²) in [7, 11) is 0. The Labute approximate surface area is 120 Å². The van der Waals surface area contributed by atoms with Crippen LogP contribution in [0, 0.1) is 0 Å². The van der Waals surface area contributed by atoms with Crippen LogP contribution >= 0.6 is 11.8 Å². The maximum Gasteiger partial charge on any atom is 0.169 e. The van der Waals surface area contributed by atoms with Crippen LogP contribution < -0.4 is 4.57 Å². The third-order valence-electron chi connectivity index (χ3n) is 2.98. The van der Waals surface area contributed by atoms with E-state index in [0.717, 1.165) is 18.7 Å². The number of benzene rings is 1. The molecule has 1 nitrogen and oxygen atoms in total. The van der Waals surface area contributed by atoms with Crippen LogP contribution in [-0.4, -0.2) is 12.0 Å². The first-order valence-corrected chi connectivity index (χ1v) is 7.96. The minimum atomic E-state index is 0.984. The number of hydrogen-bond donors (Lipinski definition) is 0. The second kappa shape index (κ2) is 7.80. The third kappa shape index (κ3) is 4.92. The lowest BCUT2D eigenvalue weighted by molar-refractivity contribution is -0.692. The van der Waals surface area contributed by atoms with Crippen molar-refractivity contribution in [1.82, 2.24) is 0 Å². The molecule has 0 aliphatic rings. The largest absolute Gasteiger partial charge is 0.204 e. The molecule has 1 aromatic carbocycles. The van der Waals surface area contributed by atoms with Crippen molar-refractivity contribution < 1.29 is 4.57 Å². The molecule has 0 saturated heterocycles. The van der Waals surface area contributed by atoms with Gasteiger partial charge in [-0.1, -0.05) is 42.5 Å². The highest BCUT2D eigenvalue weighted by Crippen LogP contribution is 2.04. The zero-order valence-electron chi connectivity index (χ0n) is 11.3. The van der Waals surface area contributed by atoms with Gasteiger partial charge in [0.15, 0.2) is 18.9 Å². The van der Waals surface area contributed by atoms with Crippen molar-refractivity contribution in [3.8, 4) is 0 Å². The lowest BCUT2D eigenvalue weighted by atomic mass is 10.1. The highest BCUT2D eigenvalue weighted by atomic mass is 32.2. The Morgan fingerprint density at radius 2 is 1.79 bits per heavy atom. The normalized spacial score (nSPS) is 11.0. The van der Waals surface area contributed by atoms with E-state index in [-0.39, 0.29) is 0 Å². The summed E-state index contributed by atoms with van der Waals surface area (Å²) in [6, 6.07) is 14.8. The van der Waals surface area contributed by atoms with Crippen LogP contribution in [0.25, 0.3) is 6.08 Å². The molecule has 0 amide bonds. The predicted octanol–water partition coefficient (Wildman–Crippen LogP) is 3.59. The molecule has 0 saturated carbocycles. The topological polar surface area (TPSA) is 3.88 Å². The molecule has 98 valence electrons. The van der Waals surface area contributed by atoms with Crippen molar-refractivity contribution >= 4 is 17.8 Å². The Morgan fingerprint density at radius 3 is 2.47 bits per heavy atom. The van der Waals surface area contributed by atoms with E-state index in [4.69, 9.17) is 0 Å². The number of rotatable bonds is 6. The second-order valence-corrected chi connectivity index (χ2v) is 5.44. The average molecular weight is 270 g/mol. The molecule has 1 aromatic heterocycles. The summed E-state index contributed by atoms with van der Waals surface area (Å²) < 4.78 is 2.24. The van der Waals surface area contributed by atoms with Crippen LogP contribution in [0.3, 0.4) is 0 Å². The van der Waals surface area contributed by atoms with Gasteiger partial charge in [-0.15, -0.1) is 0 Å². The fourth-order valence-corrected chi connectivity index (χ4v) is 2.26. The highest BCUT2D eigenvalue weighted by Gasteiger charge is 1.98. The lowest BCUT2D eigenvalue weighted by Gasteiger charge is -1.97. The van der Waals surface area contributed by atoms with Crippen LogP contribution in [0.1, 0.15) is 11.1 Å².